The van der Waals surface area contributed by atoms with Crippen LogP contribution in [0.1, 0.15) is 38.7 Å². The fraction of sp³-hybridized carbons (Fsp3) is 0.579. The van der Waals surface area contributed by atoms with Gasteiger partial charge >= 0.3 is 11.9 Å². The predicted octanol–water partition coefficient (Wildman–Crippen LogP) is 3.11. The fourth-order valence-electron chi connectivity index (χ4n) is 4.24. The van der Waals surface area contributed by atoms with E-state index in [4.69, 9.17) is 14.2 Å². The summed E-state index contributed by atoms with van der Waals surface area (Å²) in [6.07, 6.45) is 1.70. The highest BCUT2D eigenvalue weighted by molar-refractivity contribution is 6.00. The van der Waals surface area contributed by atoms with Crippen LogP contribution in [0.4, 0.5) is 0 Å². The van der Waals surface area contributed by atoms with Gasteiger partial charge in [0, 0.05) is 0 Å². The topological polar surface area (TPSA) is 61.8 Å². The van der Waals surface area contributed by atoms with Gasteiger partial charge in [-0.15, -0.1) is 0 Å². The van der Waals surface area contributed by atoms with Crippen molar-refractivity contribution in [3.05, 3.63) is 29.8 Å². The number of carbonyl (C=O) groups is 2. The average Bonchev–Trinajstić information content (AvgIpc) is 2.59. The van der Waals surface area contributed by atoms with Crippen molar-refractivity contribution in [3.63, 3.8) is 0 Å². The van der Waals surface area contributed by atoms with Crippen molar-refractivity contribution < 1.29 is 23.8 Å². The minimum atomic E-state index is -1.25. The zero-order valence-corrected chi connectivity index (χ0v) is 15.0. The van der Waals surface area contributed by atoms with E-state index in [9.17, 15) is 9.59 Å². The molecule has 0 bridgehead atoms. The second kappa shape index (κ2) is 6.83. The van der Waals surface area contributed by atoms with E-state index in [-0.39, 0.29) is 11.3 Å². The Morgan fingerprint density at radius 3 is 2.00 bits per heavy atom. The van der Waals surface area contributed by atoms with E-state index in [1.165, 1.54) is 14.2 Å². The molecule has 0 radical (unpaired) electrons. The van der Waals surface area contributed by atoms with Gasteiger partial charge in [-0.3, -0.25) is 9.59 Å². The minimum Gasteiger partial charge on any atom is -0.497 e. The first-order valence-electron chi connectivity index (χ1n) is 8.12. The van der Waals surface area contributed by atoms with E-state index in [1.807, 2.05) is 24.3 Å². The Bertz CT molecular complexity index is 591. The molecule has 0 heterocycles. The molecule has 0 N–H and O–H groups in total. The van der Waals surface area contributed by atoms with Crippen LogP contribution < -0.4 is 4.74 Å². The number of benzene rings is 1. The van der Waals surface area contributed by atoms with Crippen LogP contribution in [0.3, 0.4) is 0 Å². The van der Waals surface area contributed by atoms with E-state index >= 15 is 0 Å². The van der Waals surface area contributed by atoms with Crippen LogP contribution in [0.25, 0.3) is 0 Å². The Morgan fingerprint density at radius 1 is 1.00 bits per heavy atom. The van der Waals surface area contributed by atoms with Crippen molar-refractivity contribution in [2.24, 2.45) is 11.3 Å². The highest BCUT2D eigenvalue weighted by Gasteiger charge is 2.56. The van der Waals surface area contributed by atoms with E-state index in [0.717, 1.165) is 17.7 Å². The summed E-state index contributed by atoms with van der Waals surface area (Å²) in [5, 5.41) is 0. The highest BCUT2D eigenvalue weighted by Crippen LogP contribution is 2.51. The van der Waals surface area contributed by atoms with Gasteiger partial charge in [-0.05, 0) is 48.3 Å². The SMILES string of the molecule is COC(=O)C1(C(=O)OC)CC(C)CC(C)(c2ccc(OC)cc2)C1. The number of rotatable bonds is 4. The molecule has 1 aliphatic rings. The number of carbonyl (C=O) groups excluding carboxylic acids is 2. The first-order valence-corrected chi connectivity index (χ1v) is 8.12. The largest absolute Gasteiger partial charge is 0.497 e. The predicted molar refractivity (Wildman–Crippen MR) is 89.8 cm³/mol. The quantitative estimate of drug-likeness (QED) is 0.625. The van der Waals surface area contributed by atoms with Crippen LogP contribution >= 0.6 is 0 Å². The molecule has 2 rings (SSSR count). The van der Waals surface area contributed by atoms with Gasteiger partial charge in [0.25, 0.3) is 0 Å². The van der Waals surface area contributed by atoms with E-state index in [1.54, 1.807) is 7.11 Å². The number of hydrogen-bond donors (Lipinski definition) is 0. The summed E-state index contributed by atoms with van der Waals surface area (Å²) in [4.78, 5) is 25.0. The molecular formula is C19H26O5. The average molecular weight is 334 g/mol. The molecule has 1 fully saturated rings. The molecule has 1 aromatic rings. The lowest BCUT2D eigenvalue weighted by Crippen LogP contribution is -2.51. The highest BCUT2D eigenvalue weighted by atomic mass is 16.5. The number of ether oxygens (including phenoxy) is 3. The Morgan fingerprint density at radius 2 is 1.54 bits per heavy atom. The van der Waals surface area contributed by atoms with Crippen molar-refractivity contribution in [2.75, 3.05) is 21.3 Å². The molecule has 2 unspecified atom stereocenters. The third-order valence-electron chi connectivity index (χ3n) is 5.13. The molecule has 0 aromatic heterocycles. The third kappa shape index (κ3) is 3.12. The number of hydrogen-bond acceptors (Lipinski definition) is 5. The summed E-state index contributed by atoms with van der Waals surface area (Å²) in [6, 6.07) is 7.79. The van der Waals surface area contributed by atoms with Crippen molar-refractivity contribution in [2.45, 2.75) is 38.5 Å². The first-order chi connectivity index (χ1) is 11.3. The van der Waals surface area contributed by atoms with Gasteiger partial charge in [-0.1, -0.05) is 26.0 Å². The number of esters is 2. The van der Waals surface area contributed by atoms with Crippen LogP contribution in [0.15, 0.2) is 24.3 Å². The van der Waals surface area contributed by atoms with Crippen molar-refractivity contribution in [1.29, 1.82) is 0 Å². The van der Waals surface area contributed by atoms with E-state index in [0.29, 0.717) is 12.8 Å². The van der Waals surface area contributed by atoms with Crippen LogP contribution in [0.2, 0.25) is 0 Å². The maximum atomic E-state index is 12.5. The maximum Gasteiger partial charge on any atom is 0.323 e. The van der Waals surface area contributed by atoms with E-state index < -0.39 is 17.4 Å². The van der Waals surface area contributed by atoms with Gasteiger partial charge in [0.1, 0.15) is 5.75 Å². The molecule has 2 atom stereocenters. The normalized spacial score (nSPS) is 25.6. The molecule has 0 aliphatic heterocycles. The monoisotopic (exact) mass is 334 g/mol. The van der Waals surface area contributed by atoms with Crippen LogP contribution in [0, 0.1) is 11.3 Å². The minimum absolute atomic E-state index is 0.184. The second-order valence-corrected chi connectivity index (χ2v) is 7.04. The second-order valence-electron chi connectivity index (χ2n) is 7.04. The molecule has 5 heteroatoms. The Hall–Kier alpha value is -2.04. The van der Waals surface area contributed by atoms with Gasteiger partial charge in [-0.2, -0.15) is 0 Å². The van der Waals surface area contributed by atoms with E-state index in [2.05, 4.69) is 13.8 Å². The summed E-state index contributed by atoms with van der Waals surface area (Å²) in [6.45, 7) is 4.15. The summed E-state index contributed by atoms with van der Waals surface area (Å²) in [7, 11) is 4.26. The lowest BCUT2D eigenvalue weighted by Gasteiger charge is -2.46. The van der Waals surface area contributed by atoms with Crippen LogP contribution in [-0.4, -0.2) is 33.3 Å². The molecule has 1 aromatic carbocycles. The lowest BCUT2D eigenvalue weighted by molar-refractivity contribution is -0.175. The van der Waals surface area contributed by atoms with Gasteiger partial charge in [0.2, 0.25) is 0 Å². The summed E-state index contributed by atoms with van der Waals surface area (Å²) in [5.41, 5.74) is -0.505. The van der Waals surface area contributed by atoms with Crippen LogP contribution in [-0.2, 0) is 24.5 Å². The molecule has 1 saturated carbocycles. The van der Waals surface area contributed by atoms with Crippen molar-refractivity contribution in [1.82, 2.24) is 0 Å². The molecule has 0 saturated heterocycles. The zero-order valence-electron chi connectivity index (χ0n) is 15.0. The Kier molecular flexibility index (Phi) is 5.21. The molecule has 24 heavy (non-hydrogen) atoms. The Labute approximate surface area is 143 Å². The van der Waals surface area contributed by atoms with Gasteiger partial charge in [-0.25, -0.2) is 0 Å². The molecule has 0 spiro atoms. The first kappa shape index (κ1) is 18.3. The number of methoxy groups -OCH3 is 3. The van der Waals surface area contributed by atoms with Gasteiger partial charge in [0.05, 0.1) is 21.3 Å². The Balaban J connectivity index is 2.46. The lowest BCUT2D eigenvalue weighted by atomic mass is 9.57. The molecule has 132 valence electrons. The smallest absolute Gasteiger partial charge is 0.323 e. The zero-order chi connectivity index (χ0) is 18.0. The maximum absolute atomic E-state index is 12.5. The molecule has 1 aliphatic carbocycles. The van der Waals surface area contributed by atoms with Crippen molar-refractivity contribution in [3.8, 4) is 5.75 Å². The molecule has 5 nitrogen and oxygen atoms in total. The van der Waals surface area contributed by atoms with Crippen molar-refractivity contribution >= 4 is 11.9 Å². The summed E-state index contributed by atoms with van der Waals surface area (Å²) in [5.74, 6) is -0.0660. The fourth-order valence-corrected chi connectivity index (χ4v) is 4.24. The van der Waals surface area contributed by atoms with Crippen LogP contribution in [0.5, 0.6) is 5.75 Å². The third-order valence-corrected chi connectivity index (χ3v) is 5.13. The van der Waals surface area contributed by atoms with Gasteiger partial charge in [0.15, 0.2) is 5.41 Å². The summed E-state index contributed by atoms with van der Waals surface area (Å²) < 4.78 is 15.2. The molecular weight excluding hydrogens is 308 g/mol. The summed E-state index contributed by atoms with van der Waals surface area (Å²) >= 11 is 0. The van der Waals surface area contributed by atoms with Gasteiger partial charge < -0.3 is 14.2 Å². The molecule has 0 amide bonds. The standard InChI is InChI=1S/C19H26O5/c1-13-10-18(2,14-6-8-15(22-3)9-7-14)12-19(11-13,16(20)23-4)17(21)24-5/h6-9,13H,10-12H2,1-5H3.